The van der Waals surface area contributed by atoms with Crippen LogP contribution in [0.5, 0.6) is 0 Å². The zero-order valence-corrected chi connectivity index (χ0v) is 28.2. The van der Waals surface area contributed by atoms with Crippen molar-refractivity contribution in [3.63, 3.8) is 0 Å². The Hall–Kier alpha value is -3.21. The summed E-state index contributed by atoms with van der Waals surface area (Å²) in [6.07, 6.45) is 7.08. The Balaban J connectivity index is 1.32. The van der Waals surface area contributed by atoms with Crippen molar-refractivity contribution < 1.29 is 0 Å². The molecule has 0 bridgehead atoms. The van der Waals surface area contributed by atoms with Crippen molar-refractivity contribution in [3.05, 3.63) is 118 Å². The first-order valence-electron chi connectivity index (χ1n) is 15.2. The topological polar surface area (TPSA) is 0 Å². The predicted molar refractivity (Wildman–Crippen MR) is 187 cm³/mol. The third-order valence-corrected chi connectivity index (χ3v) is 13.7. The molecule has 0 nitrogen and oxygen atoms in total. The number of hydrogen-bond donors (Lipinski definition) is 0. The minimum Gasteiger partial charge on any atom is -0.0656 e. The van der Waals surface area contributed by atoms with Gasteiger partial charge in [0.2, 0.25) is 0 Å². The van der Waals surface area contributed by atoms with Crippen molar-refractivity contribution >= 4 is 38.7 Å². The molecule has 2 heteroatoms. The average Bonchev–Trinajstić information content (AvgIpc) is 3.58. The van der Waals surface area contributed by atoms with Crippen LogP contribution in [-0.4, -0.2) is 16.1 Å². The molecule has 0 N–H and O–H groups in total. The molecule has 2 aliphatic rings. The van der Waals surface area contributed by atoms with E-state index in [4.69, 9.17) is 0 Å². The number of benzene rings is 4. The molecule has 4 aromatic rings. The molecule has 0 radical (unpaired) electrons. The largest absolute Gasteiger partial charge is 0.0775 e. The molecule has 208 valence electrons. The van der Waals surface area contributed by atoms with Crippen molar-refractivity contribution in [3.8, 4) is 22.3 Å². The second kappa shape index (κ2) is 9.96. The lowest BCUT2D eigenvalue weighted by Gasteiger charge is -2.28. The Morgan fingerprint density at radius 3 is 1.20 bits per heavy atom. The molecule has 0 atom stereocenters. The first kappa shape index (κ1) is 27.9. The monoisotopic (exact) mass is 568 g/mol. The summed E-state index contributed by atoms with van der Waals surface area (Å²) in [5, 5.41) is 3.04. The maximum atomic E-state index is 2.51. The SMILES string of the molecule is CC(C)(C1=Cc2c(cccc2-c2ccc([Si](C)(C)C)cc2)C1)C1=Cc2c(cccc2-c2ccc([Si](C)(C)C)cc2)C1. The highest BCUT2D eigenvalue weighted by molar-refractivity contribution is 6.89. The second-order valence-electron chi connectivity index (χ2n) is 14.7. The van der Waals surface area contributed by atoms with Crippen LogP contribution in [0.4, 0.5) is 0 Å². The van der Waals surface area contributed by atoms with Gasteiger partial charge in [0.1, 0.15) is 0 Å². The van der Waals surface area contributed by atoms with E-state index in [0.29, 0.717) is 0 Å². The van der Waals surface area contributed by atoms with E-state index in [9.17, 15) is 0 Å². The van der Waals surface area contributed by atoms with Crippen LogP contribution in [0.25, 0.3) is 34.4 Å². The summed E-state index contributed by atoms with van der Waals surface area (Å²) in [6, 6.07) is 32.6. The van der Waals surface area contributed by atoms with Crippen molar-refractivity contribution in [1.29, 1.82) is 0 Å². The minimum absolute atomic E-state index is 0.00400. The Labute approximate surface area is 249 Å². The Kier molecular flexibility index (Phi) is 6.79. The van der Waals surface area contributed by atoms with Gasteiger partial charge in [-0.05, 0) is 57.3 Å². The fourth-order valence-electron chi connectivity index (χ4n) is 6.55. The van der Waals surface area contributed by atoms with Crippen LogP contribution in [-0.2, 0) is 12.8 Å². The van der Waals surface area contributed by atoms with Crippen molar-refractivity contribution in [2.24, 2.45) is 5.41 Å². The summed E-state index contributed by atoms with van der Waals surface area (Å²) in [5.74, 6) is 0. The molecule has 2 aliphatic carbocycles. The summed E-state index contributed by atoms with van der Waals surface area (Å²) in [4.78, 5) is 0. The highest BCUT2D eigenvalue weighted by Crippen LogP contribution is 2.48. The molecule has 0 saturated carbocycles. The lowest BCUT2D eigenvalue weighted by Crippen LogP contribution is -2.37. The van der Waals surface area contributed by atoms with Crippen LogP contribution in [0.1, 0.15) is 36.1 Å². The summed E-state index contributed by atoms with van der Waals surface area (Å²) < 4.78 is 0. The van der Waals surface area contributed by atoms with E-state index in [0.717, 1.165) is 12.8 Å². The second-order valence-corrected chi connectivity index (χ2v) is 24.9. The van der Waals surface area contributed by atoms with Gasteiger partial charge in [0.25, 0.3) is 0 Å². The summed E-state index contributed by atoms with van der Waals surface area (Å²) in [5.41, 5.74) is 14.2. The predicted octanol–water partition coefficient (Wildman–Crippen LogP) is 9.72. The van der Waals surface area contributed by atoms with Gasteiger partial charge in [-0.3, -0.25) is 0 Å². The zero-order chi connectivity index (χ0) is 29.2. The Morgan fingerprint density at radius 2 is 0.854 bits per heavy atom. The average molecular weight is 569 g/mol. The number of rotatable bonds is 6. The van der Waals surface area contributed by atoms with E-state index >= 15 is 0 Å². The molecular formula is C39H44Si2. The molecule has 0 fully saturated rings. The quantitative estimate of drug-likeness (QED) is 0.203. The molecule has 0 aromatic heterocycles. The van der Waals surface area contributed by atoms with E-state index in [1.54, 1.807) is 0 Å². The minimum atomic E-state index is -1.31. The lowest BCUT2D eigenvalue weighted by molar-refractivity contribution is 0.526. The van der Waals surface area contributed by atoms with Crippen LogP contribution in [0, 0.1) is 5.41 Å². The van der Waals surface area contributed by atoms with E-state index < -0.39 is 16.1 Å². The third-order valence-electron chi connectivity index (χ3n) is 9.52. The third kappa shape index (κ3) is 5.17. The number of allylic oxidation sites excluding steroid dienone is 2. The fourth-order valence-corrected chi connectivity index (χ4v) is 8.88. The molecule has 0 saturated heterocycles. The Bertz CT molecular complexity index is 1560. The van der Waals surface area contributed by atoms with Gasteiger partial charge in [0.05, 0.1) is 16.1 Å². The van der Waals surface area contributed by atoms with Crippen LogP contribution < -0.4 is 10.4 Å². The zero-order valence-electron chi connectivity index (χ0n) is 26.2. The lowest BCUT2D eigenvalue weighted by atomic mass is 9.75. The van der Waals surface area contributed by atoms with Gasteiger partial charge in [-0.25, -0.2) is 0 Å². The van der Waals surface area contributed by atoms with Crippen LogP contribution >= 0.6 is 0 Å². The van der Waals surface area contributed by atoms with Crippen molar-refractivity contribution in [2.45, 2.75) is 66.0 Å². The molecular weight excluding hydrogens is 525 g/mol. The maximum Gasteiger partial charge on any atom is 0.0775 e. The van der Waals surface area contributed by atoms with Crippen LogP contribution in [0.15, 0.2) is 96.1 Å². The maximum absolute atomic E-state index is 2.51. The van der Waals surface area contributed by atoms with E-state index in [-0.39, 0.29) is 5.41 Å². The van der Waals surface area contributed by atoms with Gasteiger partial charge >= 0.3 is 0 Å². The van der Waals surface area contributed by atoms with E-state index in [2.05, 4.69) is 150 Å². The molecule has 0 spiro atoms. The van der Waals surface area contributed by atoms with Gasteiger partial charge in [-0.1, -0.05) is 172 Å². The summed E-state index contributed by atoms with van der Waals surface area (Å²) in [7, 11) is -2.62. The molecule has 4 aromatic carbocycles. The van der Waals surface area contributed by atoms with Crippen LogP contribution in [0.2, 0.25) is 39.3 Å². The van der Waals surface area contributed by atoms with Crippen LogP contribution in [0.3, 0.4) is 0 Å². The van der Waals surface area contributed by atoms with Gasteiger partial charge in [-0.15, -0.1) is 0 Å². The molecule has 6 rings (SSSR count). The molecule has 0 heterocycles. The summed E-state index contributed by atoms with van der Waals surface area (Å²) in [6.45, 7) is 19.4. The van der Waals surface area contributed by atoms with Gasteiger partial charge in [0, 0.05) is 5.41 Å². The smallest absolute Gasteiger partial charge is 0.0656 e. The van der Waals surface area contributed by atoms with Gasteiger partial charge in [0.15, 0.2) is 0 Å². The van der Waals surface area contributed by atoms with Crippen molar-refractivity contribution in [2.75, 3.05) is 0 Å². The van der Waals surface area contributed by atoms with Gasteiger partial charge in [-0.2, -0.15) is 0 Å². The highest BCUT2D eigenvalue weighted by atomic mass is 28.3. The molecule has 0 amide bonds. The number of fused-ring (bicyclic) bond motifs is 2. The van der Waals surface area contributed by atoms with E-state index in [1.807, 2.05) is 0 Å². The normalized spacial score (nSPS) is 14.9. The molecule has 0 unspecified atom stereocenters. The van der Waals surface area contributed by atoms with Crippen molar-refractivity contribution in [1.82, 2.24) is 0 Å². The highest BCUT2D eigenvalue weighted by Gasteiger charge is 2.34. The molecule has 41 heavy (non-hydrogen) atoms. The first-order valence-corrected chi connectivity index (χ1v) is 22.2. The van der Waals surface area contributed by atoms with E-state index in [1.165, 1.54) is 66.0 Å². The Morgan fingerprint density at radius 1 is 0.488 bits per heavy atom. The molecule has 0 aliphatic heterocycles. The fraction of sp³-hybridized carbons (Fsp3) is 0.282. The first-order chi connectivity index (χ1) is 19.3. The number of hydrogen-bond acceptors (Lipinski definition) is 0. The standard InChI is InChI=1S/C39H44Si2/c1-39(2,31-23-29-11-9-13-35(37(29)25-31)27-15-19-33(20-16-27)40(3,4)5)32-24-30-12-10-14-36(38(30)26-32)28-17-21-34(22-18-28)41(6,7)8/h9-22,25-26H,23-24H2,1-8H3. The van der Waals surface area contributed by atoms with Gasteiger partial charge < -0.3 is 0 Å². The summed E-state index contributed by atoms with van der Waals surface area (Å²) >= 11 is 0.